The molecule has 1 saturated heterocycles. The minimum Gasteiger partial charge on any atom is -0.340 e. The van der Waals surface area contributed by atoms with Crippen molar-refractivity contribution < 1.29 is 4.39 Å². The molecule has 1 N–H and O–H groups in total. The summed E-state index contributed by atoms with van der Waals surface area (Å²) in [6.07, 6.45) is 0. The van der Waals surface area contributed by atoms with E-state index in [-0.39, 0.29) is 11.4 Å². The summed E-state index contributed by atoms with van der Waals surface area (Å²) in [6.45, 7) is 5.49. The Bertz CT molecular complexity index is 1030. The smallest absolute Gasteiger partial charge is 0.252 e. The largest absolute Gasteiger partial charge is 0.340 e. The minimum atomic E-state index is -0.210. The molecule has 2 heterocycles. The zero-order chi connectivity index (χ0) is 21.6. The number of hydrogen-bond acceptors (Lipinski definition) is 5. The van der Waals surface area contributed by atoms with Crippen molar-refractivity contribution in [2.45, 2.75) is 19.6 Å². The summed E-state index contributed by atoms with van der Waals surface area (Å²) in [4.78, 5) is 26.5. The standard InChI is InChI=1S/C24H28FN5O/c1-28(16-19-5-3-2-4-6-19)18-22-15-23(31)27-24(26-22)30-13-11-29(12-14-30)17-20-7-9-21(25)10-8-20/h2-10,15H,11-14,16-18H2,1H3,(H,26,27,31). The number of nitrogens with zero attached hydrogens (tertiary/aromatic N) is 4. The molecule has 0 atom stereocenters. The average Bonchev–Trinajstić information content (AvgIpc) is 2.76. The van der Waals surface area contributed by atoms with Crippen molar-refractivity contribution in [3.8, 4) is 0 Å². The highest BCUT2D eigenvalue weighted by Crippen LogP contribution is 2.14. The summed E-state index contributed by atoms with van der Waals surface area (Å²) >= 11 is 0. The Morgan fingerprint density at radius 3 is 2.39 bits per heavy atom. The Kier molecular flexibility index (Phi) is 6.74. The fourth-order valence-corrected chi connectivity index (χ4v) is 3.92. The van der Waals surface area contributed by atoms with E-state index in [1.807, 2.05) is 37.4 Å². The van der Waals surface area contributed by atoms with Gasteiger partial charge in [0.2, 0.25) is 5.95 Å². The number of benzene rings is 2. The monoisotopic (exact) mass is 421 g/mol. The maximum atomic E-state index is 13.1. The third kappa shape index (κ3) is 5.99. The molecule has 162 valence electrons. The van der Waals surface area contributed by atoms with E-state index in [2.05, 4.69) is 31.8 Å². The van der Waals surface area contributed by atoms with Crippen LogP contribution in [0.25, 0.3) is 0 Å². The lowest BCUT2D eigenvalue weighted by molar-refractivity contribution is 0.248. The molecule has 0 amide bonds. The van der Waals surface area contributed by atoms with Crippen LogP contribution in [0.3, 0.4) is 0 Å². The molecule has 3 aromatic rings. The Hall–Kier alpha value is -3.03. The number of hydrogen-bond donors (Lipinski definition) is 1. The van der Waals surface area contributed by atoms with Crippen LogP contribution in [0.2, 0.25) is 0 Å². The Morgan fingerprint density at radius 2 is 1.68 bits per heavy atom. The summed E-state index contributed by atoms with van der Waals surface area (Å²) in [5, 5.41) is 0. The Balaban J connectivity index is 1.35. The van der Waals surface area contributed by atoms with Gasteiger partial charge >= 0.3 is 0 Å². The number of piperazine rings is 1. The van der Waals surface area contributed by atoms with Crippen molar-refractivity contribution in [1.29, 1.82) is 0 Å². The van der Waals surface area contributed by atoms with Gasteiger partial charge in [0.15, 0.2) is 0 Å². The molecular formula is C24H28FN5O. The van der Waals surface area contributed by atoms with Gasteiger partial charge in [0.05, 0.1) is 5.69 Å². The second-order valence-corrected chi connectivity index (χ2v) is 8.11. The third-order valence-corrected chi connectivity index (χ3v) is 5.50. The molecular weight excluding hydrogens is 393 g/mol. The van der Waals surface area contributed by atoms with Crippen molar-refractivity contribution in [3.05, 3.63) is 93.7 Å². The molecule has 1 aliphatic heterocycles. The maximum Gasteiger partial charge on any atom is 0.252 e. The number of rotatable bonds is 7. The van der Waals surface area contributed by atoms with E-state index in [9.17, 15) is 9.18 Å². The van der Waals surface area contributed by atoms with Gasteiger partial charge in [-0.25, -0.2) is 9.37 Å². The van der Waals surface area contributed by atoms with E-state index >= 15 is 0 Å². The first-order valence-electron chi connectivity index (χ1n) is 10.6. The number of anilines is 1. The van der Waals surface area contributed by atoms with Crippen LogP contribution < -0.4 is 10.5 Å². The zero-order valence-corrected chi connectivity index (χ0v) is 17.8. The SMILES string of the molecule is CN(Cc1ccccc1)Cc1cc(=O)[nH]c(N2CCN(Cc3ccc(F)cc3)CC2)n1. The number of aromatic nitrogens is 2. The molecule has 0 saturated carbocycles. The molecule has 0 unspecified atom stereocenters. The topological polar surface area (TPSA) is 55.5 Å². The summed E-state index contributed by atoms with van der Waals surface area (Å²) < 4.78 is 13.1. The molecule has 1 aromatic heterocycles. The summed E-state index contributed by atoms with van der Waals surface area (Å²) in [5.74, 6) is 0.426. The highest BCUT2D eigenvalue weighted by Gasteiger charge is 2.19. The van der Waals surface area contributed by atoms with Gasteiger partial charge in [-0.1, -0.05) is 42.5 Å². The van der Waals surface area contributed by atoms with Crippen molar-refractivity contribution in [2.24, 2.45) is 0 Å². The molecule has 1 aliphatic rings. The first-order chi connectivity index (χ1) is 15.0. The molecule has 6 nitrogen and oxygen atoms in total. The van der Waals surface area contributed by atoms with Crippen LogP contribution in [0.4, 0.5) is 10.3 Å². The van der Waals surface area contributed by atoms with Gasteiger partial charge in [-0.3, -0.25) is 19.6 Å². The van der Waals surface area contributed by atoms with Crippen LogP contribution in [0, 0.1) is 5.82 Å². The lowest BCUT2D eigenvalue weighted by atomic mass is 10.2. The van der Waals surface area contributed by atoms with Gasteiger partial charge in [0, 0.05) is 51.9 Å². The van der Waals surface area contributed by atoms with E-state index in [0.717, 1.165) is 50.5 Å². The predicted molar refractivity (Wildman–Crippen MR) is 120 cm³/mol. The lowest BCUT2D eigenvalue weighted by Crippen LogP contribution is -2.47. The van der Waals surface area contributed by atoms with Crippen molar-refractivity contribution in [1.82, 2.24) is 19.8 Å². The van der Waals surface area contributed by atoms with E-state index in [1.165, 1.54) is 17.7 Å². The molecule has 31 heavy (non-hydrogen) atoms. The molecule has 2 aromatic carbocycles. The van der Waals surface area contributed by atoms with Crippen molar-refractivity contribution in [2.75, 3.05) is 38.1 Å². The maximum absolute atomic E-state index is 13.1. The molecule has 0 radical (unpaired) electrons. The molecule has 0 aliphatic carbocycles. The number of H-pyrrole nitrogens is 1. The first-order valence-corrected chi connectivity index (χ1v) is 10.6. The van der Waals surface area contributed by atoms with Crippen molar-refractivity contribution >= 4 is 5.95 Å². The van der Waals surface area contributed by atoms with E-state index < -0.39 is 0 Å². The van der Waals surface area contributed by atoms with E-state index in [4.69, 9.17) is 4.98 Å². The summed E-state index contributed by atoms with van der Waals surface area (Å²) in [5.41, 5.74) is 2.98. The Morgan fingerprint density at radius 1 is 0.968 bits per heavy atom. The first kappa shape index (κ1) is 21.2. The van der Waals surface area contributed by atoms with Crippen LogP contribution in [0.1, 0.15) is 16.8 Å². The number of nitrogens with one attached hydrogen (secondary N) is 1. The van der Waals surface area contributed by atoms with Crippen LogP contribution in [0.15, 0.2) is 65.5 Å². The van der Waals surface area contributed by atoms with Gasteiger partial charge in [-0.15, -0.1) is 0 Å². The normalized spacial score (nSPS) is 14.9. The van der Waals surface area contributed by atoms with Gasteiger partial charge < -0.3 is 4.90 Å². The van der Waals surface area contributed by atoms with Crippen LogP contribution in [0.5, 0.6) is 0 Å². The highest BCUT2D eigenvalue weighted by molar-refractivity contribution is 5.31. The minimum absolute atomic E-state index is 0.123. The van der Waals surface area contributed by atoms with Crippen LogP contribution in [-0.2, 0) is 19.6 Å². The third-order valence-electron chi connectivity index (χ3n) is 5.50. The second-order valence-electron chi connectivity index (χ2n) is 8.11. The van der Waals surface area contributed by atoms with Gasteiger partial charge in [0.1, 0.15) is 5.82 Å². The average molecular weight is 422 g/mol. The fourth-order valence-electron chi connectivity index (χ4n) is 3.92. The molecule has 0 spiro atoms. The van der Waals surface area contributed by atoms with Gasteiger partial charge in [-0.05, 0) is 30.3 Å². The zero-order valence-electron chi connectivity index (χ0n) is 17.8. The quantitative estimate of drug-likeness (QED) is 0.636. The molecule has 1 fully saturated rings. The highest BCUT2D eigenvalue weighted by atomic mass is 19.1. The number of aromatic amines is 1. The molecule has 4 rings (SSSR count). The van der Waals surface area contributed by atoms with Gasteiger partial charge in [0.25, 0.3) is 5.56 Å². The van der Waals surface area contributed by atoms with E-state index in [1.54, 1.807) is 6.07 Å². The number of halogens is 1. The van der Waals surface area contributed by atoms with Crippen LogP contribution >= 0.6 is 0 Å². The van der Waals surface area contributed by atoms with Crippen LogP contribution in [-0.4, -0.2) is 53.0 Å². The summed E-state index contributed by atoms with van der Waals surface area (Å²) in [6, 6.07) is 18.5. The van der Waals surface area contributed by atoms with Crippen molar-refractivity contribution in [3.63, 3.8) is 0 Å². The van der Waals surface area contributed by atoms with E-state index in [0.29, 0.717) is 12.5 Å². The lowest BCUT2D eigenvalue weighted by Gasteiger charge is -2.35. The van der Waals surface area contributed by atoms with Gasteiger partial charge in [-0.2, -0.15) is 0 Å². The molecule has 7 heteroatoms. The summed E-state index contributed by atoms with van der Waals surface area (Å²) in [7, 11) is 2.03. The predicted octanol–water partition coefficient (Wildman–Crippen LogP) is 2.86. The second kappa shape index (κ2) is 9.85. The molecule has 0 bridgehead atoms. The Labute approximate surface area is 182 Å². The fraction of sp³-hybridized carbons (Fsp3) is 0.333.